The maximum absolute atomic E-state index is 12.2. The summed E-state index contributed by atoms with van der Waals surface area (Å²) >= 11 is 0. The molecule has 0 atom stereocenters. The molecule has 0 fully saturated rings. The third-order valence-corrected chi connectivity index (χ3v) is 2.33. The Hall–Kier alpha value is -2.11. The smallest absolute Gasteiger partial charge is 0.387 e. The normalized spacial score (nSPS) is 10.7. The summed E-state index contributed by atoms with van der Waals surface area (Å²) in [6.07, 6.45) is 1.82. The molecule has 2 aromatic rings. The molecule has 96 valence electrons. The van der Waals surface area contributed by atoms with Crippen molar-refractivity contribution >= 4 is 5.69 Å². The van der Waals surface area contributed by atoms with Crippen LogP contribution in [-0.4, -0.2) is 16.4 Å². The van der Waals surface area contributed by atoms with Crippen LogP contribution in [0, 0.1) is 0 Å². The molecule has 4 nitrogen and oxygen atoms in total. The minimum absolute atomic E-state index is 0.128. The Kier molecular flexibility index (Phi) is 3.76. The number of anilines is 1. The van der Waals surface area contributed by atoms with Crippen molar-refractivity contribution in [1.29, 1.82) is 0 Å². The lowest BCUT2D eigenvalue weighted by Gasteiger charge is -2.11. The number of aromatic nitrogens is 2. The van der Waals surface area contributed by atoms with Crippen LogP contribution in [0.15, 0.2) is 36.5 Å². The topological polar surface area (TPSA) is 39.1 Å². The van der Waals surface area contributed by atoms with Crippen LogP contribution in [0.1, 0.15) is 5.69 Å². The number of nitrogens with one attached hydrogen (secondary N) is 1. The van der Waals surface area contributed by atoms with E-state index in [1.165, 1.54) is 6.07 Å². The van der Waals surface area contributed by atoms with Crippen LogP contribution in [-0.2, 0) is 13.6 Å². The highest BCUT2D eigenvalue weighted by Gasteiger charge is 2.08. The average Bonchev–Trinajstić information content (AvgIpc) is 2.73. The second kappa shape index (κ2) is 5.48. The molecule has 1 aromatic carbocycles. The summed E-state index contributed by atoms with van der Waals surface area (Å²) in [7, 11) is 1.82. The quantitative estimate of drug-likeness (QED) is 0.890. The second-order valence-electron chi connectivity index (χ2n) is 3.71. The molecule has 0 amide bonds. The number of rotatable bonds is 5. The van der Waals surface area contributed by atoms with Crippen LogP contribution in [0.5, 0.6) is 5.75 Å². The van der Waals surface area contributed by atoms with E-state index in [2.05, 4.69) is 15.2 Å². The van der Waals surface area contributed by atoms with Gasteiger partial charge in [0.15, 0.2) is 0 Å². The zero-order valence-electron chi connectivity index (χ0n) is 9.81. The Morgan fingerprint density at radius 3 is 2.78 bits per heavy atom. The molecule has 18 heavy (non-hydrogen) atoms. The molecule has 0 aliphatic carbocycles. The molecule has 0 bridgehead atoms. The van der Waals surface area contributed by atoms with Crippen molar-refractivity contribution < 1.29 is 13.5 Å². The van der Waals surface area contributed by atoms with E-state index in [1.54, 1.807) is 22.9 Å². The first-order valence-corrected chi connectivity index (χ1v) is 5.41. The van der Waals surface area contributed by atoms with Crippen LogP contribution in [0.3, 0.4) is 0 Å². The summed E-state index contributed by atoms with van der Waals surface area (Å²) < 4.78 is 30.5. The molecule has 0 saturated heterocycles. The van der Waals surface area contributed by atoms with E-state index < -0.39 is 6.61 Å². The molecule has 0 saturated carbocycles. The monoisotopic (exact) mass is 253 g/mol. The Morgan fingerprint density at radius 2 is 2.11 bits per heavy atom. The first-order chi connectivity index (χ1) is 8.65. The van der Waals surface area contributed by atoms with E-state index in [-0.39, 0.29) is 5.75 Å². The van der Waals surface area contributed by atoms with Gasteiger partial charge in [-0.2, -0.15) is 13.9 Å². The minimum atomic E-state index is -2.83. The van der Waals surface area contributed by atoms with Crippen molar-refractivity contribution in [3.05, 3.63) is 42.2 Å². The van der Waals surface area contributed by atoms with Gasteiger partial charge >= 0.3 is 6.61 Å². The van der Waals surface area contributed by atoms with Gasteiger partial charge in [0.2, 0.25) is 0 Å². The van der Waals surface area contributed by atoms with Gasteiger partial charge in [0.1, 0.15) is 5.75 Å². The van der Waals surface area contributed by atoms with Gasteiger partial charge in [0.25, 0.3) is 0 Å². The molecule has 0 aliphatic heterocycles. The Labute approximate surface area is 103 Å². The SMILES string of the molecule is Cn1ccc(CNc2ccccc2OC(F)F)n1. The van der Waals surface area contributed by atoms with E-state index in [1.807, 2.05) is 19.3 Å². The molecule has 1 heterocycles. The van der Waals surface area contributed by atoms with Gasteiger partial charge in [-0.3, -0.25) is 4.68 Å². The van der Waals surface area contributed by atoms with Gasteiger partial charge in [-0.05, 0) is 18.2 Å². The summed E-state index contributed by atoms with van der Waals surface area (Å²) in [6.45, 7) is -2.38. The van der Waals surface area contributed by atoms with Crippen LogP contribution < -0.4 is 10.1 Å². The van der Waals surface area contributed by atoms with Gasteiger partial charge < -0.3 is 10.1 Å². The van der Waals surface area contributed by atoms with Crippen molar-refractivity contribution in [2.75, 3.05) is 5.32 Å². The zero-order chi connectivity index (χ0) is 13.0. The molecule has 6 heteroatoms. The average molecular weight is 253 g/mol. The van der Waals surface area contributed by atoms with E-state index in [0.29, 0.717) is 12.2 Å². The lowest BCUT2D eigenvalue weighted by atomic mass is 10.3. The van der Waals surface area contributed by atoms with Gasteiger partial charge in [-0.15, -0.1) is 0 Å². The van der Waals surface area contributed by atoms with Crippen molar-refractivity contribution in [3.63, 3.8) is 0 Å². The summed E-state index contributed by atoms with van der Waals surface area (Å²) in [5.74, 6) is 0.128. The fraction of sp³-hybridized carbons (Fsp3) is 0.250. The zero-order valence-corrected chi connectivity index (χ0v) is 9.81. The fourth-order valence-corrected chi connectivity index (χ4v) is 1.55. The lowest BCUT2D eigenvalue weighted by molar-refractivity contribution is -0.0493. The number of benzene rings is 1. The molecule has 1 N–H and O–H groups in total. The Morgan fingerprint density at radius 1 is 1.33 bits per heavy atom. The van der Waals surface area contributed by atoms with Gasteiger partial charge in [-0.1, -0.05) is 12.1 Å². The number of aryl methyl sites for hydroxylation is 1. The third kappa shape index (κ3) is 3.19. The van der Waals surface area contributed by atoms with Gasteiger partial charge in [-0.25, -0.2) is 0 Å². The van der Waals surface area contributed by atoms with Crippen molar-refractivity contribution in [1.82, 2.24) is 9.78 Å². The highest BCUT2D eigenvalue weighted by Crippen LogP contribution is 2.25. The van der Waals surface area contributed by atoms with E-state index in [9.17, 15) is 8.78 Å². The highest BCUT2D eigenvalue weighted by atomic mass is 19.3. The molecule has 2 rings (SSSR count). The fourth-order valence-electron chi connectivity index (χ4n) is 1.55. The molecular weight excluding hydrogens is 240 g/mol. The van der Waals surface area contributed by atoms with Crippen LogP contribution in [0.25, 0.3) is 0 Å². The molecule has 0 unspecified atom stereocenters. The number of alkyl halides is 2. The number of nitrogens with zero attached hydrogens (tertiary/aromatic N) is 2. The van der Waals surface area contributed by atoms with E-state index in [0.717, 1.165) is 5.69 Å². The first-order valence-electron chi connectivity index (χ1n) is 5.41. The Bertz CT molecular complexity index is 514. The van der Waals surface area contributed by atoms with E-state index in [4.69, 9.17) is 0 Å². The standard InChI is InChI=1S/C12H13F2N3O/c1-17-7-6-9(16-17)8-15-10-4-2-3-5-11(10)18-12(13)14/h2-7,12,15H,8H2,1H3. The minimum Gasteiger partial charge on any atom is -0.433 e. The number of hydrogen-bond acceptors (Lipinski definition) is 3. The van der Waals surface area contributed by atoms with Crippen molar-refractivity contribution in [3.8, 4) is 5.75 Å². The van der Waals surface area contributed by atoms with E-state index >= 15 is 0 Å². The van der Waals surface area contributed by atoms with Crippen LogP contribution in [0.4, 0.5) is 14.5 Å². The Balaban J connectivity index is 2.04. The summed E-state index contributed by atoms with van der Waals surface area (Å²) in [5, 5.41) is 7.20. The predicted octanol–water partition coefficient (Wildman–Crippen LogP) is 2.63. The van der Waals surface area contributed by atoms with Gasteiger partial charge in [0, 0.05) is 13.2 Å². The number of hydrogen-bond donors (Lipinski definition) is 1. The molecule has 0 aliphatic rings. The van der Waals surface area contributed by atoms with Gasteiger partial charge in [0.05, 0.1) is 17.9 Å². The van der Waals surface area contributed by atoms with Crippen LogP contribution in [0.2, 0.25) is 0 Å². The maximum atomic E-state index is 12.2. The van der Waals surface area contributed by atoms with Crippen LogP contribution >= 0.6 is 0 Å². The third-order valence-electron chi connectivity index (χ3n) is 2.33. The first kappa shape index (κ1) is 12.3. The van der Waals surface area contributed by atoms with Crippen molar-refractivity contribution in [2.45, 2.75) is 13.2 Å². The summed E-state index contributed by atoms with van der Waals surface area (Å²) in [5.41, 5.74) is 1.34. The van der Waals surface area contributed by atoms with Crippen molar-refractivity contribution in [2.24, 2.45) is 7.05 Å². The maximum Gasteiger partial charge on any atom is 0.387 e. The summed E-state index contributed by atoms with van der Waals surface area (Å²) in [6, 6.07) is 8.42. The number of para-hydroxylation sites is 2. The molecule has 0 radical (unpaired) electrons. The predicted molar refractivity (Wildman–Crippen MR) is 63.6 cm³/mol. The number of halogens is 2. The summed E-state index contributed by atoms with van der Waals surface area (Å²) in [4.78, 5) is 0. The molecule has 1 aromatic heterocycles. The second-order valence-corrected chi connectivity index (χ2v) is 3.71. The highest BCUT2D eigenvalue weighted by molar-refractivity contribution is 5.56. The number of ether oxygens (including phenoxy) is 1. The molecule has 0 spiro atoms. The molecular formula is C12H13F2N3O. The largest absolute Gasteiger partial charge is 0.433 e. The lowest BCUT2D eigenvalue weighted by Crippen LogP contribution is -2.07.